The summed E-state index contributed by atoms with van der Waals surface area (Å²) in [5.41, 5.74) is -1.17. The standard InChI is InChI=1S/C18H17F3N2O3/c19-18(20,21)13-7-12(8-22-9-13)16(10-17(11-16)25-5-6-26-17)15(24)14-3-1-2-4-23-14/h1-4,7-9,15,24H,5-6,10-11H2. The Morgan fingerprint density at radius 3 is 2.46 bits per heavy atom. The molecule has 2 aromatic heterocycles. The summed E-state index contributed by atoms with van der Waals surface area (Å²) in [5.74, 6) is -0.857. The molecule has 1 N–H and O–H groups in total. The third kappa shape index (κ3) is 2.78. The number of aliphatic hydroxyl groups excluding tert-OH is 1. The first-order chi connectivity index (χ1) is 12.3. The van der Waals surface area contributed by atoms with E-state index in [0.717, 1.165) is 12.3 Å². The van der Waals surface area contributed by atoms with Crippen LogP contribution in [-0.2, 0) is 21.1 Å². The topological polar surface area (TPSA) is 64.5 Å². The third-order valence-corrected chi connectivity index (χ3v) is 5.11. The average molecular weight is 366 g/mol. The number of halogens is 3. The molecule has 1 spiro atoms. The van der Waals surface area contributed by atoms with Crippen molar-refractivity contribution in [1.29, 1.82) is 0 Å². The number of ether oxygens (including phenoxy) is 2. The summed E-state index contributed by atoms with van der Waals surface area (Å²) in [7, 11) is 0. The summed E-state index contributed by atoms with van der Waals surface area (Å²) in [4.78, 5) is 7.92. The number of hydrogen-bond donors (Lipinski definition) is 1. The van der Waals surface area contributed by atoms with E-state index in [0.29, 0.717) is 24.5 Å². The maximum Gasteiger partial charge on any atom is 0.417 e. The fourth-order valence-corrected chi connectivity index (χ4v) is 3.85. The lowest BCUT2D eigenvalue weighted by atomic mass is 9.57. The smallest absolute Gasteiger partial charge is 0.386 e. The van der Waals surface area contributed by atoms with Crippen LogP contribution in [0.3, 0.4) is 0 Å². The Morgan fingerprint density at radius 1 is 1.12 bits per heavy atom. The van der Waals surface area contributed by atoms with E-state index < -0.39 is 29.0 Å². The molecule has 0 aromatic carbocycles. The Kier molecular flexibility index (Phi) is 4.02. The molecule has 4 rings (SSSR count). The van der Waals surface area contributed by atoms with E-state index in [1.165, 1.54) is 12.4 Å². The van der Waals surface area contributed by atoms with Crippen molar-refractivity contribution in [2.45, 2.75) is 36.3 Å². The number of pyridine rings is 2. The molecule has 1 atom stereocenters. The van der Waals surface area contributed by atoms with Gasteiger partial charge in [0.15, 0.2) is 5.79 Å². The lowest BCUT2D eigenvalue weighted by Crippen LogP contribution is -2.58. The molecule has 0 radical (unpaired) electrons. The highest BCUT2D eigenvalue weighted by Crippen LogP contribution is 2.59. The van der Waals surface area contributed by atoms with Crippen molar-refractivity contribution < 1.29 is 27.8 Å². The van der Waals surface area contributed by atoms with E-state index in [1.807, 2.05) is 0 Å². The Hall–Kier alpha value is -2.03. The number of alkyl halides is 3. The van der Waals surface area contributed by atoms with Crippen LogP contribution in [0, 0.1) is 0 Å². The Bertz CT molecular complexity index is 784. The number of aliphatic hydroxyl groups is 1. The molecule has 0 bridgehead atoms. The van der Waals surface area contributed by atoms with Crippen LogP contribution in [0.5, 0.6) is 0 Å². The van der Waals surface area contributed by atoms with Crippen LogP contribution in [0.15, 0.2) is 42.9 Å². The lowest BCUT2D eigenvalue weighted by molar-refractivity contribution is -0.258. The molecule has 5 nitrogen and oxygen atoms in total. The first-order valence-electron chi connectivity index (χ1n) is 8.24. The molecular weight excluding hydrogens is 349 g/mol. The lowest BCUT2D eigenvalue weighted by Gasteiger charge is -2.54. The van der Waals surface area contributed by atoms with Crippen LogP contribution < -0.4 is 0 Å². The fourth-order valence-electron chi connectivity index (χ4n) is 3.85. The highest BCUT2D eigenvalue weighted by atomic mass is 19.4. The van der Waals surface area contributed by atoms with Crippen LogP contribution in [0.1, 0.15) is 35.8 Å². The second-order valence-corrected chi connectivity index (χ2v) is 6.73. The van der Waals surface area contributed by atoms with Gasteiger partial charge < -0.3 is 14.6 Å². The largest absolute Gasteiger partial charge is 0.417 e. The molecule has 8 heteroatoms. The predicted octanol–water partition coefficient (Wildman–Crippen LogP) is 3.00. The van der Waals surface area contributed by atoms with Gasteiger partial charge in [0.05, 0.1) is 24.5 Å². The van der Waals surface area contributed by atoms with E-state index in [-0.39, 0.29) is 12.8 Å². The van der Waals surface area contributed by atoms with Crippen molar-refractivity contribution in [3.05, 3.63) is 59.7 Å². The molecule has 2 aliphatic rings. The molecule has 0 amide bonds. The van der Waals surface area contributed by atoms with Crippen molar-refractivity contribution >= 4 is 0 Å². The minimum atomic E-state index is -4.51. The molecule has 1 saturated heterocycles. The van der Waals surface area contributed by atoms with Gasteiger partial charge in [-0.1, -0.05) is 6.07 Å². The van der Waals surface area contributed by atoms with Gasteiger partial charge in [0.25, 0.3) is 0 Å². The van der Waals surface area contributed by atoms with Crippen LogP contribution >= 0.6 is 0 Å². The van der Waals surface area contributed by atoms with E-state index >= 15 is 0 Å². The van der Waals surface area contributed by atoms with E-state index in [1.54, 1.807) is 18.2 Å². The van der Waals surface area contributed by atoms with Crippen molar-refractivity contribution in [2.75, 3.05) is 13.2 Å². The number of aromatic nitrogens is 2. The summed E-state index contributed by atoms with van der Waals surface area (Å²) in [6.07, 6.45) is -1.46. The summed E-state index contributed by atoms with van der Waals surface area (Å²) in [6, 6.07) is 6.12. The highest BCUT2D eigenvalue weighted by molar-refractivity contribution is 5.36. The van der Waals surface area contributed by atoms with Gasteiger partial charge in [0.2, 0.25) is 0 Å². The highest BCUT2D eigenvalue weighted by Gasteiger charge is 2.63. The van der Waals surface area contributed by atoms with Gasteiger partial charge in [-0.3, -0.25) is 9.97 Å². The van der Waals surface area contributed by atoms with Gasteiger partial charge in [0, 0.05) is 36.8 Å². The zero-order valence-corrected chi connectivity index (χ0v) is 13.7. The van der Waals surface area contributed by atoms with Crippen LogP contribution in [0.2, 0.25) is 0 Å². The van der Waals surface area contributed by atoms with Crippen molar-refractivity contribution in [1.82, 2.24) is 9.97 Å². The first-order valence-corrected chi connectivity index (χ1v) is 8.24. The second kappa shape index (κ2) is 6.00. The maximum atomic E-state index is 13.1. The molecule has 2 aromatic rings. The Labute approximate surface area is 147 Å². The summed E-state index contributed by atoms with van der Waals surface area (Å²) >= 11 is 0. The SMILES string of the molecule is OC(c1ccccn1)C1(c2cncc(C(F)(F)F)c2)CC2(C1)OCCO2. The molecule has 138 valence electrons. The molecule has 3 heterocycles. The quantitative estimate of drug-likeness (QED) is 0.905. The monoisotopic (exact) mass is 366 g/mol. The molecule has 1 aliphatic carbocycles. The molecule has 1 aliphatic heterocycles. The minimum absolute atomic E-state index is 0.237. The van der Waals surface area contributed by atoms with Gasteiger partial charge in [0.1, 0.15) is 6.10 Å². The maximum absolute atomic E-state index is 13.1. The van der Waals surface area contributed by atoms with Gasteiger partial charge in [-0.25, -0.2) is 0 Å². The molecular formula is C18H17F3N2O3. The van der Waals surface area contributed by atoms with Gasteiger partial charge in [-0.2, -0.15) is 13.2 Å². The van der Waals surface area contributed by atoms with E-state index in [2.05, 4.69) is 9.97 Å². The summed E-state index contributed by atoms with van der Waals surface area (Å²) < 4.78 is 50.7. The number of hydrogen-bond acceptors (Lipinski definition) is 5. The third-order valence-electron chi connectivity index (χ3n) is 5.11. The van der Waals surface area contributed by atoms with E-state index in [4.69, 9.17) is 9.47 Å². The van der Waals surface area contributed by atoms with Crippen molar-refractivity contribution in [3.63, 3.8) is 0 Å². The molecule has 2 fully saturated rings. The fraction of sp³-hybridized carbons (Fsp3) is 0.444. The Morgan fingerprint density at radius 2 is 1.85 bits per heavy atom. The number of rotatable bonds is 3. The number of nitrogens with zero attached hydrogens (tertiary/aromatic N) is 2. The predicted molar refractivity (Wildman–Crippen MR) is 84.0 cm³/mol. The Balaban J connectivity index is 1.75. The summed E-state index contributed by atoms with van der Waals surface area (Å²) in [6.45, 7) is 0.854. The molecule has 26 heavy (non-hydrogen) atoms. The molecule has 1 saturated carbocycles. The average Bonchev–Trinajstić information content (AvgIpc) is 3.09. The minimum Gasteiger partial charge on any atom is -0.386 e. The normalized spacial score (nSPS) is 22.2. The zero-order valence-electron chi connectivity index (χ0n) is 13.7. The van der Waals surface area contributed by atoms with E-state index in [9.17, 15) is 18.3 Å². The molecule has 1 unspecified atom stereocenters. The van der Waals surface area contributed by atoms with Crippen molar-refractivity contribution in [3.8, 4) is 0 Å². The summed E-state index contributed by atoms with van der Waals surface area (Å²) in [5, 5.41) is 11.0. The van der Waals surface area contributed by atoms with Crippen LogP contribution in [0.4, 0.5) is 13.2 Å². The van der Waals surface area contributed by atoms with Gasteiger partial charge in [-0.05, 0) is 23.8 Å². The van der Waals surface area contributed by atoms with Gasteiger partial charge >= 0.3 is 6.18 Å². The zero-order chi connectivity index (χ0) is 18.4. The van der Waals surface area contributed by atoms with Gasteiger partial charge in [-0.15, -0.1) is 0 Å². The van der Waals surface area contributed by atoms with Crippen molar-refractivity contribution in [2.24, 2.45) is 0 Å². The second-order valence-electron chi connectivity index (χ2n) is 6.73. The van der Waals surface area contributed by atoms with Crippen LogP contribution in [-0.4, -0.2) is 34.1 Å². The van der Waals surface area contributed by atoms with Crippen LogP contribution in [0.25, 0.3) is 0 Å². The first kappa shape index (κ1) is 17.4.